The molecule has 30 heteroatoms. The summed E-state index contributed by atoms with van der Waals surface area (Å²) < 4.78 is 43.4. The molecule has 0 amide bonds. The van der Waals surface area contributed by atoms with Crippen LogP contribution in [0, 0.1) is 95.7 Å². The molecule has 0 aliphatic rings. The van der Waals surface area contributed by atoms with Gasteiger partial charge < -0.3 is 101 Å². The summed E-state index contributed by atoms with van der Waals surface area (Å²) in [7, 11) is -9.02. The van der Waals surface area contributed by atoms with Gasteiger partial charge in [0.15, 0.2) is 0 Å². The SMILES string of the molecule is Cc1ccc(C)c(-c2ccc(C(=O)[O-])cc2)c1.Cc1ccc(C)c(-c2ccc(P(=O)([O-])[O-])cc2)c1.Cc1ccc(C)c(-c2ccc(S(=O)(=O)[O-])cc2)c1.Cc1ccc(C)c(-c2ccc([O-])cc2)c1.Cc1ccc(C)c(-c2n[c-]nc([O-])n2)c1.Cc1ccc(C)c(-c2n[c-]nc([S-])n2)c1.[Cs+].[Cs+].[Cs+].[Cs+].[Cs+].[Cs+].[Cs+].[Cs+].[Cs+].[OH-].[SH-]. The number of carbonyl (C=O) groups excluding carboxylic acids is 1. The zero-order valence-electron chi connectivity index (χ0n) is 66.1. The topological polar surface area (TPSA) is 314 Å². The number of carboxylic acids is 1. The number of benzene rings is 10. The van der Waals surface area contributed by atoms with Gasteiger partial charge in [0.1, 0.15) is 10.1 Å². The predicted octanol–water partition coefficient (Wildman–Crippen LogP) is -14.8. The van der Waals surface area contributed by atoms with E-state index in [9.17, 15) is 47.4 Å². The first kappa shape index (κ1) is 126. The molecule has 0 saturated carbocycles. The maximum Gasteiger partial charge on any atom is 1.00 e. The van der Waals surface area contributed by atoms with Gasteiger partial charge in [-0.1, -0.05) is 245 Å². The number of nitrogens with zero attached hydrogens (tertiary/aromatic N) is 6. The van der Waals surface area contributed by atoms with E-state index in [1.165, 1.54) is 57.6 Å². The minimum absolute atomic E-state index is 0. The van der Waals surface area contributed by atoms with Crippen LogP contribution in [0.15, 0.2) is 216 Å². The third-order valence-corrected chi connectivity index (χ3v) is 17.4. The monoisotopic (exact) mass is 2600 g/mol. The molecule has 12 rings (SSSR count). The summed E-state index contributed by atoms with van der Waals surface area (Å²) in [5.74, 6) is -0.103. The Morgan fingerprint density at radius 3 is 0.936 bits per heavy atom. The maximum absolute atomic E-state index is 11.0. The summed E-state index contributed by atoms with van der Waals surface area (Å²) in [6.45, 7) is 24.2. The fraction of sp³-hybridized carbons (Fsp3) is 0.152. The van der Waals surface area contributed by atoms with Crippen molar-refractivity contribution in [2.75, 3.05) is 0 Å². The van der Waals surface area contributed by atoms with Crippen molar-refractivity contribution in [2.24, 2.45) is 0 Å². The molecular formula is C79H72Cs9N6O11PS3-2. The zero-order valence-corrected chi connectivity index (χ0v) is 126. The second kappa shape index (κ2) is 64.1. The van der Waals surface area contributed by atoms with E-state index in [-0.39, 0.29) is 666 Å². The quantitative estimate of drug-likeness (QED) is 0.0426. The third kappa shape index (κ3) is 43.8. The molecule has 518 valence electrons. The van der Waals surface area contributed by atoms with E-state index >= 15 is 0 Å². The number of rotatable bonds is 9. The molecule has 10 aromatic carbocycles. The Balaban J connectivity index is -0.000000390. The Hall–Kier alpha value is 8.35. The van der Waals surface area contributed by atoms with Crippen LogP contribution in [0.4, 0.5) is 0 Å². The minimum atomic E-state index is -4.65. The predicted molar refractivity (Wildman–Crippen MR) is 387 cm³/mol. The molecule has 0 atom stereocenters. The van der Waals surface area contributed by atoms with Gasteiger partial charge in [0.2, 0.25) is 0 Å². The zero-order chi connectivity index (χ0) is 71.6. The summed E-state index contributed by atoms with van der Waals surface area (Å²) in [6, 6.07) is 62.0. The minimum Gasteiger partial charge on any atom is -0.902 e. The molecule has 0 fully saturated rings. The van der Waals surface area contributed by atoms with Gasteiger partial charge in [-0.3, -0.25) is 0 Å². The van der Waals surface area contributed by atoms with E-state index in [0.29, 0.717) is 11.6 Å². The molecule has 0 spiro atoms. The van der Waals surface area contributed by atoms with Crippen molar-refractivity contribution in [1.29, 1.82) is 0 Å². The van der Waals surface area contributed by atoms with Crippen molar-refractivity contribution in [1.82, 2.24) is 29.9 Å². The Kier molecular flexibility index (Phi) is 74.1. The van der Waals surface area contributed by atoms with Crippen molar-refractivity contribution < 1.29 is 673 Å². The van der Waals surface area contributed by atoms with E-state index < -0.39 is 29.7 Å². The summed E-state index contributed by atoms with van der Waals surface area (Å²) in [4.78, 5) is 54.9. The Labute approximate surface area is 1180 Å². The number of hydrogen-bond donors (Lipinski definition) is 0. The fourth-order valence-electron chi connectivity index (χ4n) is 9.94. The molecular weight excluding hydrogens is 2530 g/mol. The molecule has 12 aromatic rings. The van der Waals surface area contributed by atoms with Crippen molar-refractivity contribution in [3.63, 3.8) is 0 Å². The molecule has 17 nitrogen and oxygen atoms in total. The van der Waals surface area contributed by atoms with E-state index in [2.05, 4.69) is 98.9 Å². The average Bonchev–Trinajstić information content (AvgIpc) is 0.844. The second-order valence-corrected chi connectivity index (χ2v) is 26.7. The van der Waals surface area contributed by atoms with Crippen LogP contribution in [0.1, 0.15) is 77.1 Å². The largest absolute Gasteiger partial charge is 1.00 e. The van der Waals surface area contributed by atoms with Crippen LogP contribution in [0.2, 0.25) is 0 Å². The number of carboxylic acid groups (broad SMARTS) is 1. The first-order valence-corrected chi connectivity index (χ1v) is 34.0. The first-order valence-electron chi connectivity index (χ1n) is 30.6. The van der Waals surface area contributed by atoms with E-state index in [0.717, 1.165) is 89.0 Å². The van der Waals surface area contributed by atoms with Crippen LogP contribution in [0.3, 0.4) is 0 Å². The molecule has 0 aliphatic heterocycles. The number of aromatic carboxylic acids is 1. The van der Waals surface area contributed by atoms with E-state index in [1.807, 2.05) is 160 Å². The number of hydrogen-bond acceptors (Lipinski definition) is 19. The van der Waals surface area contributed by atoms with E-state index in [4.69, 9.17) is 12.6 Å². The van der Waals surface area contributed by atoms with Crippen LogP contribution in [0.5, 0.6) is 11.8 Å². The van der Waals surface area contributed by atoms with Gasteiger partial charge in [-0.2, -0.15) is 0 Å². The normalized spacial score (nSPS) is 9.64. The molecule has 0 bridgehead atoms. The van der Waals surface area contributed by atoms with Crippen LogP contribution < -0.4 is 650 Å². The van der Waals surface area contributed by atoms with Gasteiger partial charge in [0, 0.05) is 24.3 Å². The number of aryl methyl sites for hydroxylation is 12. The Bertz CT molecular complexity index is 4880. The summed E-state index contributed by atoms with van der Waals surface area (Å²) in [6.07, 6.45) is 4.81. The Morgan fingerprint density at radius 1 is 0.385 bits per heavy atom. The van der Waals surface area contributed by atoms with Gasteiger partial charge in [-0.15, -0.1) is 10.9 Å². The maximum atomic E-state index is 11.0. The van der Waals surface area contributed by atoms with Crippen LogP contribution in [-0.4, -0.2) is 54.3 Å². The van der Waals surface area contributed by atoms with Crippen LogP contribution >= 0.6 is 7.60 Å². The van der Waals surface area contributed by atoms with Gasteiger partial charge in [-0.05, 0) is 192 Å². The summed E-state index contributed by atoms with van der Waals surface area (Å²) in [5.41, 5.74) is 24.2. The fourth-order valence-corrected chi connectivity index (χ4v) is 11.0. The third-order valence-electron chi connectivity index (χ3n) is 15.4. The molecule has 2 heterocycles. The molecule has 0 saturated heterocycles. The van der Waals surface area contributed by atoms with E-state index in [1.54, 1.807) is 48.5 Å². The van der Waals surface area contributed by atoms with Crippen molar-refractivity contribution in [3.05, 3.63) is 291 Å². The molecule has 0 aliphatic carbocycles. The number of carbonyl (C=O) groups is 1. The number of aromatic nitrogens is 6. The van der Waals surface area contributed by atoms with Crippen LogP contribution in [-0.2, 0) is 40.8 Å². The smallest absolute Gasteiger partial charge is 0.902 e. The summed E-state index contributed by atoms with van der Waals surface area (Å²) >= 11 is 4.88. The van der Waals surface area contributed by atoms with Crippen molar-refractivity contribution in [3.8, 4) is 79.0 Å². The average molecular weight is 2600 g/mol. The second-order valence-electron chi connectivity index (χ2n) is 23.4. The molecule has 2 aromatic heterocycles. The Morgan fingerprint density at radius 2 is 0.651 bits per heavy atom. The van der Waals surface area contributed by atoms with Gasteiger partial charge in [-0.25, -0.2) is 8.42 Å². The number of thiol groups is 1. The van der Waals surface area contributed by atoms with Crippen molar-refractivity contribution in [2.45, 2.75) is 93.1 Å². The molecule has 109 heavy (non-hydrogen) atoms. The van der Waals surface area contributed by atoms with Crippen molar-refractivity contribution >= 4 is 55.1 Å². The molecule has 1 N–H and O–H groups in total. The van der Waals surface area contributed by atoms with Gasteiger partial charge in [0.25, 0.3) is 0 Å². The summed E-state index contributed by atoms with van der Waals surface area (Å²) in [5, 5.41) is 32.7. The molecule has 0 unspecified atom stereocenters. The molecule has 0 radical (unpaired) electrons. The first-order chi connectivity index (χ1) is 46.3. The van der Waals surface area contributed by atoms with Crippen LogP contribution in [0.25, 0.3) is 67.3 Å². The van der Waals surface area contributed by atoms with Gasteiger partial charge >= 0.3 is 620 Å². The van der Waals surface area contributed by atoms with Gasteiger partial charge in [0.05, 0.1) is 10.9 Å². The standard InChI is InChI=1S/C15H14O2.C14H15O3P.C14H14O3S.C14H14O.C11H10N3O.C11H10N3S.9Cs.H2O.H2S/c1-10-3-4-11(2)14(9-10)12-5-7-13(8-6-12)15(16)17;2*1-10-3-4-11(2)14(9-10)12-5-7-13(8-6-12)18(15,16)17;1-10-3-4-11(2)14(9-10)12-5-7-13(15)8-6-12;2*1-7-3-4-8(2)9(5-7)10-12-6-13-11(15)14-10;;;;;;;;;;;/h3-9H,1-2H3,(H,16,17);3-9H,1-2H3,(H2,15,16,17);3-9H,1-2H3,(H,15,16,17);3-9,15H,1-2H3;2*3-5H,1-2H3,(H,12,13,14,15);;;;;;;;;;2*1H2/q;;;;2*-1;9*+1;;/p-9.